The van der Waals surface area contributed by atoms with Crippen LogP contribution in [0, 0.1) is 0 Å². The summed E-state index contributed by atoms with van der Waals surface area (Å²) in [5, 5.41) is 13.6. The molecule has 1 aromatic rings. The zero-order valence-electron chi connectivity index (χ0n) is 13.8. The van der Waals surface area contributed by atoms with Gasteiger partial charge in [0, 0.05) is 18.5 Å². The van der Waals surface area contributed by atoms with Crippen LogP contribution in [0.25, 0.3) is 0 Å². The number of anilines is 1. The van der Waals surface area contributed by atoms with E-state index >= 15 is 0 Å². The first-order valence-corrected chi connectivity index (χ1v) is 7.57. The van der Waals surface area contributed by atoms with Crippen LogP contribution in [-0.2, 0) is 15.0 Å². The van der Waals surface area contributed by atoms with Crippen molar-refractivity contribution in [3.63, 3.8) is 0 Å². The minimum Gasteiger partial charge on any atom is -0.481 e. The van der Waals surface area contributed by atoms with Crippen molar-refractivity contribution in [3.05, 3.63) is 29.8 Å². The number of carboxylic acids is 1. The Kier molecular flexibility index (Phi) is 6.75. The number of rotatable bonds is 7. The molecule has 6 heteroatoms. The first-order valence-electron chi connectivity index (χ1n) is 7.57. The molecule has 1 aromatic carbocycles. The summed E-state index contributed by atoms with van der Waals surface area (Å²) in [7, 11) is 0. The summed E-state index contributed by atoms with van der Waals surface area (Å²) in [4.78, 5) is 33.6. The predicted molar refractivity (Wildman–Crippen MR) is 88.7 cm³/mol. The van der Waals surface area contributed by atoms with Crippen molar-refractivity contribution in [2.24, 2.45) is 0 Å². The summed E-state index contributed by atoms with van der Waals surface area (Å²) in [6.45, 7) is 6.22. The molecule has 0 saturated carbocycles. The van der Waals surface area contributed by atoms with E-state index < -0.39 is 12.0 Å². The van der Waals surface area contributed by atoms with Crippen LogP contribution in [0.5, 0.6) is 0 Å². The molecule has 2 amide bonds. The normalized spacial score (nSPS) is 10.9. The Balaban J connectivity index is 2.36. The van der Waals surface area contributed by atoms with Crippen LogP contribution < -0.4 is 10.6 Å². The lowest BCUT2D eigenvalue weighted by Gasteiger charge is -2.19. The Hall–Kier alpha value is -2.37. The lowest BCUT2D eigenvalue weighted by atomic mass is 9.87. The average Bonchev–Trinajstić information content (AvgIpc) is 2.44. The molecular formula is C17H24N2O4. The van der Waals surface area contributed by atoms with Gasteiger partial charge in [0.05, 0.1) is 6.54 Å². The van der Waals surface area contributed by atoms with Crippen molar-refractivity contribution in [2.75, 3.05) is 11.9 Å². The fourth-order valence-electron chi connectivity index (χ4n) is 1.93. The first-order chi connectivity index (χ1) is 10.7. The minimum atomic E-state index is -0.929. The van der Waals surface area contributed by atoms with E-state index in [-0.39, 0.29) is 37.0 Å². The standard InChI is InChI=1S/C17H24N2O4/c1-17(2,3)12-7-9-13(10-8-12)19-16(23)18-11-14(20)5-4-6-15(21)22/h7-10H,4-6,11H2,1-3H3,(H,21,22)(H2,18,19,23). The number of ketones is 1. The molecule has 0 spiro atoms. The highest BCUT2D eigenvalue weighted by molar-refractivity contribution is 5.92. The van der Waals surface area contributed by atoms with Gasteiger partial charge < -0.3 is 15.7 Å². The van der Waals surface area contributed by atoms with Gasteiger partial charge in [-0.1, -0.05) is 32.9 Å². The Bertz CT molecular complexity index is 559. The van der Waals surface area contributed by atoms with Crippen molar-refractivity contribution in [2.45, 2.75) is 45.4 Å². The lowest BCUT2D eigenvalue weighted by Crippen LogP contribution is -2.33. The van der Waals surface area contributed by atoms with Crippen molar-refractivity contribution < 1.29 is 19.5 Å². The van der Waals surface area contributed by atoms with E-state index in [0.717, 1.165) is 5.56 Å². The second-order valence-corrected chi connectivity index (χ2v) is 6.42. The number of amides is 2. The molecule has 0 heterocycles. The number of hydrogen-bond donors (Lipinski definition) is 3. The maximum Gasteiger partial charge on any atom is 0.319 e. The van der Waals surface area contributed by atoms with Crippen LogP contribution in [0.4, 0.5) is 10.5 Å². The third kappa shape index (κ3) is 7.44. The molecule has 0 atom stereocenters. The van der Waals surface area contributed by atoms with Gasteiger partial charge in [-0.25, -0.2) is 4.79 Å². The highest BCUT2D eigenvalue weighted by atomic mass is 16.4. The van der Waals surface area contributed by atoms with Gasteiger partial charge >= 0.3 is 12.0 Å². The molecule has 0 aliphatic carbocycles. The molecule has 23 heavy (non-hydrogen) atoms. The Morgan fingerprint density at radius 1 is 1.04 bits per heavy atom. The molecule has 0 radical (unpaired) electrons. The number of carbonyl (C=O) groups excluding carboxylic acids is 2. The summed E-state index contributed by atoms with van der Waals surface area (Å²) in [6, 6.07) is 7.07. The van der Waals surface area contributed by atoms with Crippen LogP contribution in [0.2, 0.25) is 0 Å². The van der Waals surface area contributed by atoms with Crippen molar-refractivity contribution >= 4 is 23.5 Å². The topological polar surface area (TPSA) is 95.5 Å². The van der Waals surface area contributed by atoms with E-state index in [2.05, 4.69) is 31.4 Å². The molecule has 0 unspecified atom stereocenters. The minimum absolute atomic E-state index is 0.0436. The van der Waals surface area contributed by atoms with Crippen LogP contribution >= 0.6 is 0 Å². The molecule has 126 valence electrons. The molecule has 0 fully saturated rings. The SMILES string of the molecule is CC(C)(C)c1ccc(NC(=O)NCC(=O)CCCC(=O)O)cc1. The maximum absolute atomic E-state index is 11.7. The molecule has 0 aliphatic heterocycles. The van der Waals surface area contributed by atoms with Crippen molar-refractivity contribution in [3.8, 4) is 0 Å². The molecule has 6 nitrogen and oxygen atoms in total. The molecule has 0 aromatic heterocycles. The number of benzene rings is 1. The third-order valence-electron chi connectivity index (χ3n) is 3.30. The molecule has 3 N–H and O–H groups in total. The Morgan fingerprint density at radius 3 is 2.17 bits per heavy atom. The quantitative estimate of drug-likeness (QED) is 0.720. The van der Waals surface area contributed by atoms with Crippen molar-refractivity contribution in [1.82, 2.24) is 5.32 Å². The first kappa shape index (κ1) is 18.7. The fraction of sp³-hybridized carbons (Fsp3) is 0.471. The summed E-state index contributed by atoms with van der Waals surface area (Å²) >= 11 is 0. The second kappa shape index (κ2) is 8.31. The van der Waals surface area contributed by atoms with Gasteiger partial charge in [-0.15, -0.1) is 0 Å². The van der Waals surface area contributed by atoms with E-state index in [1.807, 2.05) is 24.3 Å². The van der Waals surface area contributed by atoms with Gasteiger partial charge in [-0.3, -0.25) is 9.59 Å². The number of nitrogens with one attached hydrogen (secondary N) is 2. The van der Waals surface area contributed by atoms with Crippen LogP contribution in [0.3, 0.4) is 0 Å². The smallest absolute Gasteiger partial charge is 0.319 e. The van der Waals surface area contributed by atoms with Gasteiger partial charge in [-0.05, 0) is 29.5 Å². The van der Waals surface area contributed by atoms with E-state index in [9.17, 15) is 14.4 Å². The number of carboxylic acid groups (broad SMARTS) is 1. The zero-order chi connectivity index (χ0) is 17.5. The molecular weight excluding hydrogens is 296 g/mol. The third-order valence-corrected chi connectivity index (χ3v) is 3.30. The van der Waals surface area contributed by atoms with Gasteiger partial charge in [0.15, 0.2) is 5.78 Å². The van der Waals surface area contributed by atoms with E-state index in [1.165, 1.54) is 0 Å². The monoisotopic (exact) mass is 320 g/mol. The second-order valence-electron chi connectivity index (χ2n) is 6.42. The molecule has 0 aliphatic rings. The van der Waals surface area contributed by atoms with E-state index in [1.54, 1.807) is 0 Å². The number of carbonyl (C=O) groups is 3. The highest BCUT2D eigenvalue weighted by Gasteiger charge is 2.13. The van der Waals surface area contributed by atoms with Crippen LogP contribution in [-0.4, -0.2) is 29.4 Å². The predicted octanol–water partition coefficient (Wildman–Crippen LogP) is 2.93. The van der Waals surface area contributed by atoms with Crippen molar-refractivity contribution in [1.29, 1.82) is 0 Å². The molecule has 1 rings (SSSR count). The number of Topliss-reactive ketones (excluding diaryl/α,β-unsaturated/α-hetero) is 1. The largest absolute Gasteiger partial charge is 0.481 e. The summed E-state index contributed by atoms with van der Waals surface area (Å²) in [5.41, 5.74) is 1.86. The zero-order valence-corrected chi connectivity index (χ0v) is 13.8. The van der Waals surface area contributed by atoms with E-state index in [4.69, 9.17) is 5.11 Å². The number of urea groups is 1. The summed E-state index contributed by atoms with van der Waals surface area (Å²) in [5.74, 6) is -1.12. The van der Waals surface area contributed by atoms with E-state index in [0.29, 0.717) is 5.69 Å². The number of hydrogen-bond acceptors (Lipinski definition) is 3. The van der Waals surface area contributed by atoms with Gasteiger partial charge in [0.25, 0.3) is 0 Å². The van der Waals surface area contributed by atoms with Gasteiger partial charge in [-0.2, -0.15) is 0 Å². The number of aliphatic carboxylic acids is 1. The van der Waals surface area contributed by atoms with Gasteiger partial charge in [0.1, 0.15) is 0 Å². The average molecular weight is 320 g/mol. The fourth-order valence-corrected chi connectivity index (χ4v) is 1.93. The Labute approximate surface area is 136 Å². The van der Waals surface area contributed by atoms with Crippen LogP contribution in [0.1, 0.15) is 45.6 Å². The summed E-state index contributed by atoms with van der Waals surface area (Å²) in [6.07, 6.45) is 0.386. The van der Waals surface area contributed by atoms with Crippen LogP contribution in [0.15, 0.2) is 24.3 Å². The Morgan fingerprint density at radius 2 is 1.65 bits per heavy atom. The summed E-state index contributed by atoms with van der Waals surface area (Å²) < 4.78 is 0. The molecule has 0 saturated heterocycles. The lowest BCUT2D eigenvalue weighted by molar-refractivity contribution is -0.137. The van der Waals surface area contributed by atoms with Gasteiger partial charge in [0.2, 0.25) is 0 Å². The highest BCUT2D eigenvalue weighted by Crippen LogP contribution is 2.23. The maximum atomic E-state index is 11.7. The molecule has 0 bridgehead atoms.